The zero-order valence-corrected chi connectivity index (χ0v) is 17.7. The largest absolute Gasteiger partial charge is 0.508 e. The van der Waals surface area contributed by atoms with Gasteiger partial charge in [0.1, 0.15) is 41.3 Å². The first kappa shape index (κ1) is 22.8. The van der Waals surface area contributed by atoms with Crippen LogP contribution in [0.1, 0.15) is 17.2 Å². The third kappa shape index (κ3) is 4.18. The van der Waals surface area contributed by atoms with Crippen LogP contribution < -0.4 is 14.2 Å². The second-order valence-corrected chi connectivity index (χ2v) is 7.56. The zero-order chi connectivity index (χ0) is 23.9. The molecule has 2 aromatic rings. The highest BCUT2D eigenvalue weighted by molar-refractivity contribution is 5.70. The molecule has 0 radical (unpaired) electrons. The number of methoxy groups -OCH3 is 2. The van der Waals surface area contributed by atoms with Gasteiger partial charge in [-0.25, -0.2) is 0 Å². The van der Waals surface area contributed by atoms with Crippen molar-refractivity contribution >= 4 is 6.08 Å². The summed E-state index contributed by atoms with van der Waals surface area (Å²) in [7, 11) is 2.72. The number of ether oxygens (including phenoxy) is 5. The van der Waals surface area contributed by atoms with Crippen LogP contribution in [0.4, 0.5) is 0 Å². The van der Waals surface area contributed by atoms with Crippen LogP contribution in [0.5, 0.6) is 34.5 Å². The lowest BCUT2D eigenvalue weighted by Crippen LogP contribution is -2.53. The lowest BCUT2D eigenvalue weighted by molar-refractivity contribution is -0.261. The first-order chi connectivity index (χ1) is 15.7. The Hall–Kier alpha value is -3.38. The number of benzene rings is 2. The van der Waals surface area contributed by atoms with E-state index in [4.69, 9.17) is 23.7 Å². The molecular weight excluding hydrogens is 440 g/mol. The van der Waals surface area contributed by atoms with Crippen molar-refractivity contribution in [1.82, 2.24) is 0 Å². The maximum atomic E-state index is 10.3. The molecule has 0 aliphatic carbocycles. The van der Waals surface area contributed by atoms with Crippen molar-refractivity contribution in [3.63, 3.8) is 0 Å². The number of phenolic OH excluding ortho intramolecular Hbond substituents is 3. The Bertz CT molecular complexity index is 1040. The van der Waals surface area contributed by atoms with Crippen LogP contribution >= 0.6 is 0 Å². The van der Waals surface area contributed by atoms with Gasteiger partial charge in [0.05, 0.1) is 26.4 Å². The van der Waals surface area contributed by atoms with E-state index in [1.807, 2.05) is 0 Å². The standard InChI is InChI=1S/C22H24O11/c1-29-15-3-9(4-16(30-2)19(15)27)21-17(33-22-20(28)18(26)13(25)8-31-22)7-11-12(24)5-10(23)6-14(11)32-21/h3-7,13,18,20-28H,8H2,1-2H3/t13-,18+,20-,21?,22-/m0/s1. The first-order valence-electron chi connectivity index (χ1n) is 9.95. The van der Waals surface area contributed by atoms with Gasteiger partial charge in [-0.2, -0.15) is 0 Å². The lowest BCUT2D eigenvalue weighted by Gasteiger charge is -2.37. The molecule has 2 aliphatic heterocycles. The van der Waals surface area contributed by atoms with Gasteiger partial charge in [-0.15, -0.1) is 0 Å². The van der Waals surface area contributed by atoms with Gasteiger partial charge >= 0.3 is 0 Å². The minimum atomic E-state index is -1.57. The summed E-state index contributed by atoms with van der Waals surface area (Å²) in [6, 6.07) is 5.37. The molecule has 2 aromatic carbocycles. The maximum Gasteiger partial charge on any atom is 0.228 e. The second kappa shape index (κ2) is 8.87. The summed E-state index contributed by atoms with van der Waals surface area (Å²) in [4.78, 5) is 0. The molecule has 0 aromatic heterocycles. The Kier molecular flexibility index (Phi) is 6.13. The number of aliphatic hydroxyl groups excluding tert-OH is 3. The Labute approximate surface area is 188 Å². The van der Waals surface area contributed by atoms with E-state index in [1.165, 1.54) is 38.5 Å². The molecule has 2 heterocycles. The van der Waals surface area contributed by atoms with E-state index in [-0.39, 0.29) is 52.4 Å². The number of hydrogen-bond acceptors (Lipinski definition) is 11. The van der Waals surface area contributed by atoms with Crippen LogP contribution in [0.2, 0.25) is 0 Å². The summed E-state index contributed by atoms with van der Waals surface area (Å²) in [5.41, 5.74) is 0.592. The summed E-state index contributed by atoms with van der Waals surface area (Å²) in [6.45, 7) is -0.280. The topological polar surface area (TPSA) is 168 Å². The predicted octanol–water partition coefficient (Wildman–Crippen LogP) is 0.751. The fourth-order valence-electron chi connectivity index (χ4n) is 3.65. The minimum Gasteiger partial charge on any atom is -0.508 e. The average molecular weight is 464 g/mol. The first-order valence-corrected chi connectivity index (χ1v) is 9.95. The smallest absolute Gasteiger partial charge is 0.228 e. The zero-order valence-electron chi connectivity index (χ0n) is 17.7. The van der Waals surface area contributed by atoms with Crippen molar-refractivity contribution < 1.29 is 54.3 Å². The number of aliphatic hydroxyl groups is 3. The Balaban J connectivity index is 1.78. The highest BCUT2D eigenvalue weighted by Gasteiger charge is 2.41. The van der Waals surface area contributed by atoms with Crippen LogP contribution in [-0.2, 0) is 9.47 Å². The molecule has 11 heteroatoms. The van der Waals surface area contributed by atoms with Crippen molar-refractivity contribution in [3.8, 4) is 34.5 Å². The van der Waals surface area contributed by atoms with Gasteiger partial charge < -0.3 is 54.3 Å². The number of aromatic hydroxyl groups is 3. The summed E-state index contributed by atoms with van der Waals surface area (Å²) < 4.78 is 27.6. The molecule has 1 saturated heterocycles. The Morgan fingerprint density at radius 1 is 0.909 bits per heavy atom. The highest BCUT2D eigenvalue weighted by Crippen LogP contribution is 2.47. The van der Waals surface area contributed by atoms with Crippen molar-refractivity contribution in [1.29, 1.82) is 0 Å². The summed E-state index contributed by atoms with van der Waals surface area (Å²) in [5, 5.41) is 60.4. The normalized spacial score (nSPS) is 26.6. The van der Waals surface area contributed by atoms with E-state index in [0.29, 0.717) is 5.56 Å². The third-order valence-corrected chi connectivity index (χ3v) is 5.41. The molecule has 11 nitrogen and oxygen atoms in total. The van der Waals surface area contributed by atoms with Crippen LogP contribution in [0.15, 0.2) is 30.0 Å². The van der Waals surface area contributed by atoms with Crippen LogP contribution in [-0.4, -0.2) is 76.1 Å². The van der Waals surface area contributed by atoms with E-state index in [2.05, 4.69) is 0 Å². The van der Waals surface area contributed by atoms with Crippen molar-refractivity contribution in [2.24, 2.45) is 0 Å². The third-order valence-electron chi connectivity index (χ3n) is 5.41. The molecule has 4 rings (SSSR count). The molecule has 2 aliphatic rings. The van der Waals surface area contributed by atoms with Gasteiger partial charge in [-0.05, 0) is 18.2 Å². The van der Waals surface area contributed by atoms with Gasteiger partial charge in [0, 0.05) is 17.7 Å². The molecule has 5 atom stereocenters. The van der Waals surface area contributed by atoms with Gasteiger partial charge in [-0.1, -0.05) is 0 Å². The molecule has 6 N–H and O–H groups in total. The number of hydrogen-bond donors (Lipinski definition) is 6. The molecule has 0 saturated carbocycles. The number of rotatable bonds is 5. The van der Waals surface area contributed by atoms with Gasteiger partial charge in [0.25, 0.3) is 0 Å². The summed E-state index contributed by atoms with van der Waals surface area (Å²) in [6.07, 6.45) is -5.32. The van der Waals surface area contributed by atoms with Gasteiger partial charge in [-0.3, -0.25) is 0 Å². The van der Waals surface area contributed by atoms with Crippen molar-refractivity contribution in [2.75, 3.05) is 20.8 Å². The van der Waals surface area contributed by atoms with Crippen molar-refractivity contribution in [3.05, 3.63) is 41.2 Å². The van der Waals surface area contributed by atoms with Crippen LogP contribution in [0.3, 0.4) is 0 Å². The van der Waals surface area contributed by atoms with Crippen molar-refractivity contribution in [2.45, 2.75) is 30.7 Å². The van der Waals surface area contributed by atoms with E-state index in [1.54, 1.807) is 0 Å². The number of fused-ring (bicyclic) bond motifs is 1. The van der Waals surface area contributed by atoms with E-state index >= 15 is 0 Å². The monoisotopic (exact) mass is 464 g/mol. The highest BCUT2D eigenvalue weighted by atomic mass is 16.7. The molecule has 178 valence electrons. The van der Waals surface area contributed by atoms with E-state index < -0.39 is 30.7 Å². The molecule has 0 amide bonds. The van der Waals surface area contributed by atoms with Gasteiger partial charge in [0.2, 0.25) is 12.0 Å². The quantitative estimate of drug-likeness (QED) is 0.369. The molecule has 33 heavy (non-hydrogen) atoms. The van der Waals surface area contributed by atoms with E-state index in [0.717, 1.165) is 6.07 Å². The van der Waals surface area contributed by atoms with E-state index in [9.17, 15) is 30.6 Å². The molecule has 0 bridgehead atoms. The maximum absolute atomic E-state index is 10.3. The second-order valence-electron chi connectivity index (χ2n) is 7.56. The summed E-state index contributed by atoms with van der Waals surface area (Å²) in [5.74, 6) is -0.376. The minimum absolute atomic E-state index is 0.0610. The predicted molar refractivity (Wildman–Crippen MR) is 111 cm³/mol. The van der Waals surface area contributed by atoms with Gasteiger partial charge in [0.15, 0.2) is 17.6 Å². The molecule has 1 fully saturated rings. The average Bonchev–Trinajstić information content (AvgIpc) is 2.79. The lowest BCUT2D eigenvalue weighted by atomic mass is 10.00. The fourth-order valence-corrected chi connectivity index (χ4v) is 3.65. The fraction of sp³-hybridized carbons (Fsp3) is 0.364. The van der Waals surface area contributed by atoms with Crippen LogP contribution in [0.25, 0.3) is 6.08 Å². The summed E-state index contributed by atoms with van der Waals surface area (Å²) >= 11 is 0. The molecule has 0 spiro atoms. The number of phenols is 3. The SMILES string of the molecule is COc1cc(C2Oc3cc(O)cc(O)c3C=C2O[C@@H]2OC[C@H](O)[C@@H](O)[C@@H]2O)cc(OC)c1O. The molecular formula is C22H24O11. The Morgan fingerprint density at radius 2 is 1.58 bits per heavy atom. The molecule has 1 unspecified atom stereocenters. The Morgan fingerprint density at radius 3 is 2.21 bits per heavy atom. The van der Waals surface area contributed by atoms with Crippen LogP contribution in [0, 0.1) is 0 Å².